The van der Waals surface area contributed by atoms with Crippen molar-refractivity contribution in [2.24, 2.45) is 0 Å². The molecule has 0 radical (unpaired) electrons. The number of hydrogen-bond acceptors (Lipinski definition) is 2. The van der Waals surface area contributed by atoms with Gasteiger partial charge in [-0.15, -0.1) is 0 Å². The highest BCUT2D eigenvalue weighted by atomic mass is 79.9. The quantitative estimate of drug-likeness (QED) is 0.443. The molecule has 1 atom stereocenters. The molecule has 1 aliphatic heterocycles. The second-order valence-corrected chi connectivity index (χ2v) is 9.04. The van der Waals surface area contributed by atoms with Crippen LogP contribution in [0.25, 0.3) is 10.9 Å². The van der Waals surface area contributed by atoms with Gasteiger partial charge in [0, 0.05) is 52.7 Å². The predicted molar refractivity (Wildman–Crippen MR) is 116 cm³/mol. The number of ether oxygens (including phenoxy) is 1. The number of fused-ring (bicyclic) bond motifs is 3. The summed E-state index contributed by atoms with van der Waals surface area (Å²) in [6.45, 7) is 3.83. The van der Waals surface area contributed by atoms with E-state index in [4.69, 9.17) is 4.74 Å². The minimum absolute atomic E-state index is 0.0627. The van der Waals surface area contributed by atoms with E-state index in [0.717, 1.165) is 22.2 Å². The summed E-state index contributed by atoms with van der Waals surface area (Å²) < 4.78 is 50.4. The third-order valence-electron chi connectivity index (χ3n) is 5.39. The normalized spacial score (nSPS) is 17.3. The number of rotatable bonds is 6. The lowest BCUT2D eigenvalue weighted by atomic mass is 9.90. The van der Waals surface area contributed by atoms with Gasteiger partial charge in [-0.25, -0.2) is 13.2 Å². The van der Waals surface area contributed by atoms with Crippen LogP contribution in [0.15, 0.2) is 36.4 Å². The Morgan fingerprint density at radius 2 is 1.90 bits per heavy atom. The van der Waals surface area contributed by atoms with Crippen LogP contribution in [0.2, 0.25) is 0 Å². The fourth-order valence-electron chi connectivity index (χ4n) is 4.33. The van der Waals surface area contributed by atoms with E-state index in [2.05, 4.69) is 20.9 Å². The van der Waals surface area contributed by atoms with Crippen LogP contribution >= 0.6 is 15.9 Å². The van der Waals surface area contributed by atoms with E-state index in [9.17, 15) is 4.39 Å². The van der Waals surface area contributed by atoms with Gasteiger partial charge in [0.2, 0.25) is 0 Å². The molecule has 0 aliphatic carbocycles. The number of aromatic amines is 1. The molecule has 2 aromatic carbocycles. The highest BCUT2D eigenvalue weighted by molar-refractivity contribution is 9.09. The van der Waals surface area contributed by atoms with E-state index in [-0.39, 0.29) is 17.9 Å². The van der Waals surface area contributed by atoms with Gasteiger partial charge in [0.25, 0.3) is 0 Å². The fraction of sp³-hybridized carbons (Fsp3) is 0.391. The molecular weight excluding hydrogens is 457 g/mol. The van der Waals surface area contributed by atoms with E-state index in [1.165, 1.54) is 26.0 Å². The molecule has 0 amide bonds. The molecule has 2 heterocycles. The highest BCUT2D eigenvalue weighted by Gasteiger charge is 2.37. The van der Waals surface area contributed by atoms with Crippen LogP contribution in [-0.2, 0) is 6.42 Å². The van der Waals surface area contributed by atoms with Crippen molar-refractivity contribution >= 4 is 26.8 Å². The van der Waals surface area contributed by atoms with Gasteiger partial charge in [-0.05, 0) is 31.9 Å². The van der Waals surface area contributed by atoms with E-state index < -0.39 is 23.3 Å². The zero-order valence-electron chi connectivity index (χ0n) is 16.9. The van der Waals surface area contributed by atoms with Gasteiger partial charge in [0.15, 0.2) is 0 Å². The number of nitrogens with one attached hydrogen (secondary N) is 1. The average molecular weight is 481 g/mol. The van der Waals surface area contributed by atoms with Crippen molar-refractivity contribution < 1.29 is 17.9 Å². The van der Waals surface area contributed by atoms with Crippen LogP contribution in [0, 0.1) is 11.6 Å². The monoisotopic (exact) mass is 480 g/mol. The van der Waals surface area contributed by atoms with Gasteiger partial charge in [-0.2, -0.15) is 0 Å². The Morgan fingerprint density at radius 1 is 1.20 bits per heavy atom. The van der Waals surface area contributed by atoms with Crippen molar-refractivity contribution in [3.05, 3.63) is 64.9 Å². The summed E-state index contributed by atoms with van der Waals surface area (Å²) >= 11 is 3.23. The van der Waals surface area contributed by atoms with Crippen LogP contribution in [-0.4, -0.2) is 40.6 Å². The predicted octanol–water partition coefficient (Wildman–Crippen LogP) is 5.92. The minimum Gasteiger partial charge on any atom is -0.493 e. The number of halogens is 4. The zero-order valence-corrected chi connectivity index (χ0v) is 18.5. The Kier molecular flexibility index (Phi) is 5.86. The molecule has 30 heavy (non-hydrogen) atoms. The minimum atomic E-state index is -1.51. The topological polar surface area (TPSA) is 28.3 Å². The van der Waals surface area contributed by atoms with Crippen molar-refractivity contribution in [3.63, 3.8) is 0 Å². The fourth-order valence-corrected chi connectivity index (χ4v) is 4.49. The Balaban J connectivity index is 1.85. The van der Waals surface area contributed by atoms with Crippen LogP contribution in [0.1, 0.15) is 36.7 Å². The van der Waals surface area contributed by atoms with Gasteiger partial charge in [0.05, 0.1) is 12.6 Å². The first-order chi connectivity index (χ1) is 14.3. The SMILES string of the molecule is CC(C)(F)CN1CCc2c([nH]c3ccccc23)C1c1c(F)cc(OCCBr)cc1F. The number of nitrogens with zero attached hydrogens (tertiary/aromatic N) is 1. The molecule has 0 fully saturated rings. The third-order valence-corrected chi connectivity index (χ3v) is 5.71. The van der Waals surface area contributed by atoms with Crippen molar-refractivity contribution in [1.82, 2.24) is 9.88 Å². The summed E-state index contributed by atoms with van der Waals surface area (Å²) in [4.78, 5) is 5.17. The Morgan fingerprint density at radius 3 is 2.57 bits per heavy atom. The lowest BCUT2D eigenvalue weighted by Crippen LogP contribution is -2.43. The largest absolute Gasteiger partial charge is 0.493 e. The molecule has 160 valence electrons. The van der Waals surface area contributed by atoms with Crippen LogP contribution in [0.5, 0.6) is 5.75 Å². The second kappa shape index (κ2) is 8.27. The summed E-state index contributed by atoms with van der Waals surface area (Å²) in [5, 5.41) is 1.59. The molecule has 1 N–H and O–H groups in total. The molecule has 4 rings (SSSR count). The lowest BCUT2D eigenvalue weighted by molar-refractivity contribution is 0.0962. The van der Waals surface area contributed by atoms with Crippen molar-refractivity contribution in [1.29, 1.82) is 0 Å². The first-order valence-electron chi connectivity index (χ1n) is 9.98. The Bertz CT molecular complexity index is 1040. The molecule has 1 unspecified atom stereocenters. The second-order valence-electron chi connectivity index (χ2n) is 8.24. The third kappa shape index (κ3) is 4.10. The lowest BCUT2D eigenvalue weighted by Gasteiger charge is -2.38. The molecule has 0 saturated carbocycles. The van der Waals surface area contributed by atoms with E-state index in [0.29, 0.717) is 24.9 Å². The maximum Gasteiger partial charge on any atom is 0.135 e. The molecular formula is C23H24BrF3N2O. The zero-order chi connectivity index (χ0) is 21.5. The van der Waals surface area contributed by atoms with Crippen LogP contribution in [0.4, 0.5) is 13.2 Å². The van der Waals surface area contributed by atoms with Crippen molar-refractivity contribution in [2.45, 2.75) is 32.0 Å². The number of H-pyrrole nitrogens is 1. The van der Waals surface area contributed by atoms with Gasteiger partial charge in [-0.3, -0.25) is 4.90 Å². The Hall–Kier alpha value is -1.99. The first kappa shape index (κ1) is 21.2. The van der Waals surface area contributed by atoms with Gasteiger partial charge in [0.1, 0.15) is 23.1 Å². The molecule has 1 aromatic heterocycles. The summed E-state index contributed by atoms with van der Waals surface area (Å²) in [6, 6.07) is 9.46. The smallest absolute Gasteiger partial charge is 0.135 e. The highest BCUT2D eigenvalue weighted by Crippen LogP contribution is 2.41. The maximum atomic E-state index is 15.2. The summed E-state index contributed by atoms with van der Waals surface area (Å²) in [7, 11) is 0. The molecule has 0 saturated heterocycles. The number of alkyl halides is 2. The van der Waals surface area contributed by atoms with E-state index >= 15 is 8.78 Å². The number of aromatic nitrogens is 1. The van der Waals surface area contributed by atoms with Gasteiger partial charge >= 0.3 is 0 Å². The molecule has 0 bridgehead atoms. The van der Waals surface area contributed by atoms with E-state index in [1.54, 1.807) is 0 Å². The molecule has 3 aromatic rings. The van der Waals surface area contributed by atoms with E-state index in [1.807, 2.05) is 29.2 Å². The average Bonchev–Trinajstić information content (AvgIpc) is 3.05. The summed E-state index contributed by atoms with van der Waals surface area (Å²) in [6.07, 6.45) is 0.682. The summed E-state index contributed by atoms with van der Waals surface area (Å²) in [5.74, 6) is -1.26. The standard InChI is InChI=1S/C23H24BrF3N2O/c1-23(2,27)13-29-9-7-16-15-5-3-4-6-19(15)28-21(16)22(29)20-17(25)11-14(12-18(20)26)30-10-8-24/h3-6,11-12,22,28H,7-10,13H2,1-2H3. The molecule has 3 nitrogen and oxygen atoms in total. The molecule has 0 spiro atoms. The molecule has 7 heteroatoms. The molecule has 1 aliphatic rings. The maximum absolute atomic E-state index is 15.2. The Labute approximate surface area is 182 Å². The van der Waals surface area contributed by atoms with Crippen LogP contribution in [0.3, 0.4) is 0 Å². The van der Waals surface area contributed by atoms with Gasteiger partial charge in [-0.1, -0.05) is 34.1 Å². The first-order valence-corrected chi connectivity index (χ1v) is 11.1. The number of para-hydroxylation sites is 1. The summed E-state index contributed by atoms with van der Waals surface area (Å²) in [5.41, 5.74) is 1.07. The number of hydrogen-bond donors (Lipinski definition) is 1. The van der Waals surface area contributed by atoms with Gasteiger partial charge < -0.3 is 9.72 Å². The number of benzene rings is 2. The van der Waals surface area contributed by atoms with Crippen molar-refractivity contribution in [2.75, 3.05) is 25.0 Å². The van der Waals surface area contributed by atoms with Crippen molar-refractivity contribution in [3.8, 4) is 5.75 Å². The van der Waals surface area contributed by atoms with Crippen LogP contribution < -0.4 is 4.74 Å².